The molecule has 1 heterocycles. The average Bonchev–Trinajstić information content (AvgIpc) is 3.04. The van der Waals surface area contributed by atoms with E-state index in [9.17, 15) is 13.2 Å². The first-order valence-corrected chi connectivity index (χ1v) is 10.0. The SMILES string of the molecule is CCN(CC)S(=O)(=O)c1cccc(C(=O)Nc2cc(C(C)(C)C)[nH]n2)c1. The molecule has 1 aromatic carbocycles. The van der Waals surface area contributed by atoms with Crippen LogP contribution in [-0.4, -0.2) is 41.9 Å². The molecule has 0 unspecified atom stereocenters. The topological polar surface area (TPSA) is 95.2 Å². The Labute approximate surface area is 154 Å². The van der Waals surface area contributed by atoms with Crippen molar-refractivity contribution in [3.63, 3.8) is 0 Å². The minimum absolute atomic E-state index is 0.103. The number of hydrogen-bond donors (Lipinski definition) is 2. The van der Waals surface area contributed by atoms with Gasteiger partial charge in [-0.3, -0.25) is 9.89 Å². The second kappa shape index (κ2) is 7.59. The predicted molar refractivity (Wildman–Crippen MR) is 102 cm³/mol. The molecule has 8 heteroatoms. The van der Waals surface area contributed by atoms with Crippen LogP contribution >= 0.6 is 0 Å². The fourth-order valence-corrected chi connectivity index (χ4v) is 3.97. The number of nitrogens with zero attached hydrogens (tertiary/aromatic N) is 2. The lowest BCUT2D eigenvalue weighted by molar-refractivity contribution is 0.102. The number of anilines is 1. The van der Waals surface area contributed by atoms with Gasteiger partial charge in [0.05, 0.1) is 4.90 Å². The van der Waals surface area contributed by atoms with E-state index in [4.69, 9.17) is 0 Å². The third kappa shape index (κ3) is 4.31. The van der Waals surface area contributed by atoms with Gasteiger partial charge in [0.1, 0.15) is 0 Å². The molecule has 2 aromatic rings. The van der Waals surface area contributed by atoms with Crippen molar-refractivity contribution >= 4 is 21.7 Å². The van der Waals surface area contributed by atoms with Crippen molar-refractivity contribution in [3.8, 4) is 0 Å². The molecule has 0 aliphatic heterocycles. The largest absolute Gasteiger partial charge is 0.305 e. The Hall–Kier alpha value is -2.19. The second-order valence-electron chi connectivity index (χ2n) is 6.99. The van der Waals surface area contributed by atoms with E-state index in [1.807, 2.05) is 20.8 Å². The van der Waals surface area contributed by atoms with Crippen LogP contribution < -0.4 is 5.32 Å². The molecular weight excluding hydrogens is 352 g/mol. The average molecular weight is 378 g/mol. The molecule has 1 amide bonds. The maximum atomic E-state index is 12.6. The molecule has 26 heavy (non-hydrogen) atoms. The normalized spacial score (nSPS) is 12.4. The molecule has 2 N–H and O–H groups in total. The van der Waals surface area contributed by atoms with E-state index in [0.717, 1.165) is 5.69 Å². The van der Waals surface area contributed by atoms with Crippen molar-refractivity contribution in [1.29, 1.82) is 0 Å². The summed E-state index contributed by atoms with van der Waals surface area (Å²) in [5.74, 6) is -0.00881. The second-order valence-corrected chi connectivity index (χ2v) is 8.93. The molecule has 0 radical (unpaired) electrons. The first-order chi connectivity index (χ1) is 12.1. The number of amides is 1. The first-order valence-electron chi connectivity index (χ1n) is 8.57. The summed E-state index contributed by atoms with van der Waals surface area (Å²) in [7, 11) is -3.61. The summed E-state index contributed by atoms with van der Waals surface area (Å²) in [5.41, 5.74) is 1.04. The van der Waals surface area contributed by atoms with Gasteiger partial charge in [-0.15, -0.1) is 0 Å². The van der Waals surface area contributed by atoms with Gasteiger partial charge in [-0.25, -0.2) is 8.42 Å². The third-order valence-electron chi connectivity index (χ3n) is 4.07. The highest BCUT2D eigenvalue weighted by atomic mass is 32.2. The number of carbonyl (C=O) groups excluding carboxylic acids is 1. The van der Waals surface area contributed by atoms with Crippen LogP contribution in [0.1, 0.15) is 50.7 Å². The minimum Gasteiger partial charge on any atom is -0.305 e. The molecular formula is C18H26N4O3S. The molecule has 0 atom stereocenters. The van der Waals surface area contributed by atoms with E-state index >= 15 is 0 Å². The van der Waals surface area contributed by atoms with E-state index in [1.54, 1.807) is 32.0 Å². The van der Waals surface area contributed by atoms with Crippen LogP contribution in [0.2, 0.25) is 0 Å². The molecule has 1 aromatic heterocycles. The predicted octanol–water partition coefficient (Wildman–Crippen LogP) is 2.99. The number of aromatic nitrogens is 2. The Morgan fingerprint density at radius 1 is 1.19 bits per heavy atom. The lowest BCUT2D eigenvalue weighted by Gasteiger charge is -2.18. The number of rotatable bonds is 6. The summed E-state index contributed by atoms with van der Waals surface area (Å²) in [6, 6.07) is 7.80. The first kappa shape index (κ1) is 20.1. The van der Waals surface area contributed by atoms with Crippen molar-refractivity contribution in [2.24, 2.45) is 0 Å². The van der Waals surface area contributed by atoms with Crippen LogP contribution in [0.3, 0.4) is 0 Å². The summed E-state index contributed by atoms with van der Waals surface area (Å²) in [4.78, 5) is 12.6. The van der Waals surface area contributed by atoms with Crippen molar-refractivity contribution in [2.75, 3.05) is 18.4 Å². The van der Waals surface area contributed by atoms with Crippen LogP contribution in [0.15, 0.2) is 35.2 Å². The summed E-state index contributed by atoms with van der Waals surface area (Å²) >= 11 is 0. The lowest BCUT2D eigenvalue weighted by atomic mass is 9.92. The van der Waals surface area contributed by atoms with E-state index in [2.05, 4.69) is 15.5 Å². The zero-order valence-electron chi connectivity index (χ0n) is 15.8. The van der Waals surface area contributed by atoms with E-state index in [-0.39, 0.29) is 15.9 Å². The molecule has 142 valence electrons. The minimum atomic E-state index is -3.61. The van der Waals surface area contributed by atoms with Gasteiger partial charge in [-0.1, -0.05) is 40.7 Å². The number of nitrogens with one attached hydrogen (secondary N) is 2. The van der Waals surface area contributed by atoms with Gasteiger partial charge in [0.2, 0.25) is 10.0 Å². The van der Waals surface area contributed by atoms with Gasteiger partial charge in [0.15, 0.2) is 5.82 Å². The summed E-state index contributed by atoms with van der Waals surface area (Å²) < 4.78 is 26.6. The van der Waals surface area contributed by atoms with Crippen molar-refractivity contribution in [1.82, 2.24) is 14.5 Å². The van der Waals surface area contributed by atoms with Gasteiger partial charge in [0.25, 0.3) is 5.91 Å². The van der Waals surface area contributed by atoms with Crippen LogP contribution in [-0.2, 0) is 15.4 Å². The molecule has 0 aliphatic rings. The maximum Gasteiger partial charge on any atom is 0.256 e. The fourth-order valence-electron chi connectivity index (χ4n) is 2.47. The Bertz CT molecular complexity index is 878. The van der Waals surface area contributed by atoms with Gasteiger partial charge in [-0.05, 0) is 18.2 Å². The number of aromatic amines is 1. The summed E-state index contributed by atoms with van der Waals surface area (Å²) in [6.07, 6.45) is 0. The standard InChI is InChI=1S/C18H26N4O3S/c1-6-22(7-2)26(24,25)14-10-8-9-13(11-14)17(23)19-16-12-15(20-21-16)18(3,4)5/h8-12H,6-7H2,1-5H3,(H2,19,20,21,23). The van der Waals surface area contributed by atoms with Gasteiger partial charge < -0.3 is 5.32 Å². The Morgan fingerprint density at radius 3 is 2.38 bits per heavy atom. The van der Waals surface area contributed by atoms with Crippen molar-refractivity contribution < 1.29 is 13.2 Å². The van der Waals surface area contributed by atoms with Crippen LogP contribution in [0, 0.1) is 0 Å². The van der Waals surface area contributed by atoms with E-state index in [1.165, 1.54) is 16.4 Å². The lowest BCUT2D eigenvalue weighted by Crippen LogP contribution is -2.30. The third-order valence-corrected chi connectivity index (χ3v) is 6.11. The van der Waals surface area contributed by atoms with Gasteiger partial charge in [0, 0.05) is 35.8 Å². The molecule has 0 bridgehead atoms. The molecule has 0 aliphatic carbocycles. The zero-order chi connectivity index (χ0) is 19.5. The maximum absolute atomic E-state index is 12.6. The van der Waals surface area contributed by atoms with Gasteiger partial charge in [-0.2, -0.15) is 9.40 Å². The smallest absolute Gasteiger partial charge is 0.256 e. The zero-order valence-corrected chi connectivity index (χ0v) is 16.6. The van der Waals surface area contributed by atoms with Gasteiger partial charge >= 0.3 is 0 Å². The van der Waals surface area contributed by atoms with Crippen LogP contribution in [0.25, 0.3) is 0 Å². The number of sulfonamides is 1. The van der Waals surface area contributed by atoms with Crippen LogP contribution in [0.4, 0.5) is 5.82 Å². The Balaban J connectivity index is 2.24. The highest BCUT2D eigenvalue weighted by Crippen LogP contribution is 2.22. The van der Waals surface area contributed by atoms with Crippen molar-refractivity contribution in [2.45, 2.75) is 44.9 Å². The Morgan fingerprint density at radius 2 is 1.85 bits per heavy atom. The molecule has 7 nitrogen and oxygen atoms in total. The number of hydrogen-bond acceptors (Lipinski definition) is 4. The van der Waals surface area contributed by atoms with Crippen molar-refractivity contribution in [3.05, 3.63) is 41.6 Å². The monoisotopic (exact) mass is 378 g/mol. The Kier molecular flexibility index (Phi) is 5.87. The van der Waals surface area contributed by atoms with E-state index in [0.29, 0.717) is 18.9 Å². The summed E-state index contributed by atoms with van der Waals surface area (Å²) in [6.45, 7) is 10.4. The molecule has 0 fully saturated rings. The van der Waals surface area contributed by atoms with E-state index < -0.39 is 15.9 Å². The summed E-state index contributed by atoms with van der Waals surface area (Å²) in [5, 5.41) is 9.69. The molecule has 0 spiro atoms. The van der Waals surface area contributed by atoms with Crippen LogP contribution in [0.5, 0.6) is 0 Å². The number of H-pyrrole nitrogens is 1. The number of carbonyl (C=O) groups is 1. The molecule has 2 rings (SSSR count). The highest BCUT2D eigenvalue weighted by Gasteiger charge is 2.23. The quantitative estimate of drug-likeness (QED) is 0.808. The molecule has 0 saturated carbocycles. The molecule has 0 saturated heterocycles. The highest BCUT2D eigenvalue weighted by molar-refractivity contribution is 7.89. The number of benzene rings is 1. The fraction of sp³-hybridized carbons (Fsp3) is 0.444.